The minimum atomic E-state index is -0.959. The lowest BCUT2D eigenvalue weighted by atomic mass is 10.0. The Kier molecular flexibility index (Phi) is 4.51. The average Bonchev–Trinajstić information content (AvgIpc) is 2.27. The number of rotatable bonds is 5. The molecule has 0 aliphatic rings. The Hall–Kier alpha value is -2.04. The highest BCUT2D eigenvalue weighted by Gasteiger charge is 2.16. The Morgan fingerprint density at radius 3 is 2.35 bits per heavy atom. The monoisotopic (exact) mass is 237 g/mol. The highest BCUT2D eigenvalue weighted by Crippen LogP contribution is 2.20. The molecule has 0 spiro atoms. The molecule has 0 heterocycles. The molecule has 17 heavy (non-hydrogen) atoms. The van der Waals surface area contributed by atoms with Crippen LogP contribution in [-0.2, 0) is 9.59 Å². The molecule has 0 unspecified atom stereocenters. The first-order valence-electron chi connectivity index (χ1n) is 5.15. The number of carbonyl (C=O) groups is 2. The van der Waals surface area contributed by atoms with E-state index in [2.05, 4.69) is 5.32 Å². The largest absolute Gasteiger partial charge is 0.497 e. The molecule has 0 bridgehead atoms. The quantitative estimate of drug-likeness (QED) is 0.810. The van der Waals surface area contributed by atoms with Gasteiger partial charge < -0.3 is 15.2 Å². The smallest absolute Gasteiger partial charge is 0.305 e. The van der Waals surface area contributed by atoms with E-state index in [4.69, 9.17) is 9.84 Å². The van der Waals surface area contributed by atoms with E-state index in [-0.39, 0.29) is 12.3 Å². The van der Waals surface area contributed by atoms with Crippen LogP contribution in [0.1, 0.15) is 24.9 Å². The lowest BCUT2D eigenvalue weighted by Gasteiger charge is -2.16. The molecule has 5 nitrogen and oxygen atoms in total. The minimum Gasteiger partial charge on any atom is -0.497 e. The third kappa shape index (κ3) is 4.14. The first kappa shape index (κ1) is 13.0. The van der Waals surface area contributed by atoms with Gasteiger partial charge in [-0.3, -0.25) is 9.59 Å². The maximum absolute atomic E-state index is 11.0. The molecule has 0 saturated carbocycles. The van der Waals surface area contributed by atoms with Crippen LogP contribution in [0.25, 0.3) is 0 Å². The van der Waals surface area contributed by atoms with E-state index in [1.807, 2.05) is 0 Å². The summed E-state index contributed by atoms with van der Waals surface area (Å²) in [5, 5.41) is 11.4. The Morgan fingerprint density at radius 1 is 1.35 bits per heavy atom. The highest BCUT2D eigenvalue weighted by atomic mass is 16.5. The van der Waals surface area contributed by atoms with Crippen molar-refractivity contribution < 1.29 is 19.4 Å². The molecule has 1 aromatic carbocycles. The van der Waals surface area contributed by atoms with Crippen molar-refractivity contribution in [3.05, 3.63) is 29.8 Å². The molecule has 0 saturated heterocycles. The van der Waals surface area contributed by atoms with Crippen LogP contribution >= 0.6 is 0 Å². The number of ether oxygens (including phenoxy) is 1. The van der Waals surface area contributed by atoms with Crippen LogP contribution in [0, 0.1) is 0 Å². The summed E-state index contributed by atoms with van der Waals surface area (Å²) in [7, 11) is 1.55. The number of carbonyl (C=O) groups excluding carboxylic acids is 1. The number of carboxylic acid groups (broad SMARTS) is 1. The zero-order valence-corrected chi connectivity index (χ0v) is 9.77. The average molecular weight is 237 g/mol. The van der Waals surface area contributed by atoms with Crippen molar-refractivity contribution in [2.24, 2.45) is 0 Å². The number of benzene rings is 1. The second-order valence-corrected chi connectivity index (χ2v) is 3.62. The topological polar surface area (TPSA) is 75.6 Å². The van der Waals surface area contributed by atoms with Crippen LogP contribution in [0.5, 0.6) is 5.75 Å². The molecule has 2 N–H and O–H groups in total. The summed E-state index contributed by atoms with van der Waals surface area (Å²) in [4.78, 5) is 21.7. The van der Waals surface area contributed by atoms with E-state index in [1.54, 1.807) is 31.4 Å². The van der Waals surface area contributed by atoms with Crippen LogP contribution < -0.4 is 10.1 Å². The van der Waals surface area contributed by atoms with Crippen molar-refractivity contribution >= 4 is 11.9 Å². The third-order valence-electron chi connectivity index (χ3n) is 2.27. The summed E-state index contributed by atoms with van der Waals surface area (Å²) in [6, 6.07) is 6.42. The first-order valence-corrected chi connectivity index (χ1v) is 5.15. The number of nitrogens with one attached hydrogen (secondary N) is 1. The predicted molar refractivity (Wildman–Crippen MR) is 61.8 cm³/mol. The van der Waals surface area contributed by atoms with E-state index >= 15 is 0 Å². The van der Waals surface area contributed by atoms with Crippen molar-refractivity contribution in [1.29, 1.82) is 0 Å². The van der Waals surface area contributed by atoms with Gasteiger partial charge in [0.2, 0.25) is 5.91 Å². The summed E-state index contributed by atoms with van der Waals surface area (Å²) in [5.41, 5.74) is 0.739. The summed E-state index contributed by atoms with van der Waals surface area (Å²) in [6.07, 6.45) is -0.147. The van der Waals surface area contributed by atoms with Gasteiger partial charge in [-0.15, -0.1) is 0 Å². The Bertz CT molecular complexity index is 383. The van der Waals surface area contributed by atoms with Crippen LogP contribution in [0.3, 0.4) is 0 Å². The molecule has 0 radical (unpaired) electrons. The van der Waals surface area contributed by atoms with Gasteiger partial charge in [0.25, 0.3) is 0 Å². The Balaban J connectivity index is 2.86. The van der Waals surface area contributed by atoms with Gasteiger partial charge in [0.05, 0.1) is 19.6 Å². The molecule has 1 atom stereocenters. The zero-order chi connectivity index (χ0) is 12.8. The minimum absolute atomic E-state index is 0.147. The molecule has 0 aromatic heterocycles. The Labute approximate surface area is 99.4 Å². The van der Waals surface area contributed by atoms with Gasteiger partial charge in [-0.1, -0.05) is 12.1 Å². The van der Waals surface area contributed by atoms with Crippen LogP contribution in [0.2, 0.25) is 0 Å². The van der Waals surface area contributed by atoms with Gasteiger partial charge in [0.1, 0.15) is 5.75 Å². The zero-order valence-electron chi connectivity index (χ0n) is 9.77. The summed E-state index contributed by atoms with van der Waals surface area (Å²) in [5.74, 6) is -0.530. The molecule has 92 valence electrons. The van der Waals surface area contributed by atoms with Crippen LogP contribution in [-0.4, -0.2) is 24.1 Å². The van der Waals surface area contributed by atoms with Crippen molar-refractivity contribution in [2.75, 3.05) is 7.11 Å². The van der Waals surface area contributed by atoms with E-state index in [9.17, 15) is 9.59 Å². The van der Waals surface area contributed by atoms with Gasteiger partial charge in [0.15, 0.2) is 0 Å². The van der Waals surface area contributed by atoms with E-state index < -0.39 is 12.0 Å². The fourth-order valence-corrected chi connectivity index (χ4v) is 1.51. The lowest BCUT2D eigenvalue weighted by Crippen LogP contribution is -2.27. The van der Waals surface area contributed by atoms with Crippen LogP contribution in [0.4, 0.5) is 0 Å². The van der Waals surface area contributed by atoms with E-state index in [0.29, 0.717) is 5.75 Å². The third-order valence-corrected chi connectivity index (χ3v) is 2.27. The normalized spacial score (nSPS) is 11.6. The molecule has 0 fully saturated rings. The second-order valence-electron chi connectivity index (χ2n) is 3.62. The van der Waals surface area contributed by atoms with Gasteiger partial charge in [-0.25, -0.2) is 0 Å². The van der Waals surface area contributed by atoms with E-state index in [1.165, 1.54) is 6.92 Å². The fourth-order valence-electron chi connectivity index (χ4n) is 1.51. The number of methoxy groups -OCH3 is 1. The lowest BCUT2D eigenvalue weighted by molar-refractivity contribution is -0.137. The standard InChI is InChI=1S/C12H15NO4/c1-8(14)13-11(7-12(15)16)9-3-5-10(17-2)6-4-9/h3-6,11H,7H2,1-2H3,(H,13,14)(H,15,16)/t11-/m1/s1. The first-order chi connectivity index (χ1) is 8.02. The van der Waals surface area contributed by atoms with Gasteiger partial charge >= 0.3 is 5.97 Å². The molecular formula is C12H15NO4. The van der Waals surface area contributed by atoms with Gasteiger partial charge in [0, 0.05) is 6.92 Å². The molecule has 0 aliphatic carbocycles. The van der Waals surface area contributed by atoms with Crippen LogP contribution in [0.15, 0.2) is 24.3 Å². The summed E-state index contributed by atoms with van der Waals surface area (Å²) >= 11 is 0. The molecule has 1 aromatic rings. The maximum Gasteiger partial charge on any atom is 0.305 e. The molecule has 1 rings (SSSR count). The molecule has 0 aliphatic heterocycles. The Morgan fingerprint density at radius 2 is 1.94 bits per heavy atom. The maximum atomic E-state index is 11.0. The number of hydrogen-bond donors (Lipinski definition) is 2. The number of carboxylic acids is 1. The number of aliphatic carboxylic acids is 1. The second kappa shape index (κ2) is 5.89. The van der Waals surface area contributed by atoms with Crippen molar-refractivity contribution in [1.82, 2.24) is 5.32 Å². The van der Waals surface area contributed by atoms with Gasteiger partial charge in [-0.2, -0.15) is 0 Å². The van der Waals surface area contributed by atoms with Crippen molar-refractivity contribution in [2.45, 2.75) is 19.4 Å². The van der Waals surface area contributed by atoms with Gasteiger partial charge in [-0.05, 0) is 17.7 Å². The summed E-state index contributed by atoms with van der Waals surface area (Å²) in [6.45, 7) is 1.36. The van der Waals surface area contributed by atoms with Crippen molar-refractivity contribution in [3.8, 4) is 5.75 Å². The summed E-state index contributed by atoms with van der Waals surface area (Å²) < 4.78 is 5.01. The highest BCUT2D eigenvalue weighted by molar-refractivity contribution is 5.75. The predicted octanol–water partition coefficient (Wildman–Crippen LogP) is 1.35. The number of amides is 1. The van der Waals surface area contributed by atoms with Crippen molar-refractivity contribution in [3.63, 3.8) is 0 Å². The molecule has 1 amide bonds. The number of hydrogen-bond acceptors (Lipinski definition) is 3. The fraction of sp³-hybridized carbons (Fsp3) is 0.333. The molecular weight excluding hydrogens is 222 g/mol. The molecule has 5 heteroatoms. The van der Waals surface area contributed by atoms with E-state index in [0.717, 1.165) is 5.56 Å². The SMILES string of the molecule is COc1ccc([C@@H](CC(=O)O)NC(C)=O)cc1.